The van der Waals surface area contributed by atoms with Gasteiger partial charge in [0.1, 0.15) is 11.5 Å². The van der Waals surface area contributed by atoms with Crippen molar-refractivity contribution in [2.75, 3.05) is 20.1 Å². The van der Waals surface area contributed by atoms with Crippen LogP contribution >= 0.6 is 0 Å². The summed E-state index contributed by atoms with van der Waals surface area (Å²) < 4.78 is 13.3. The van der Waals surface area contributed by atoms with Gasteiger partial charge in [0.2, 0.25) is 0 Å². The van der Waals surface area contributed by atoms with Gasteiger partial charge in [0.25, 0.3) is 5.91 Å². The van der Waals surface area contributed by atoms with E-state index in [1.165, 1.54) is 17.7 Å². The Kier molecular flexibility index (Phi) is 4.86. The molecule has 1 atom stereocenters. The Balaban J connectivity index is 1.43. The monoisotopic (exact) mass is 363 g/mol. The zero-order chi connectivity index (χ0) is 18.8. The lowest BCUT2D eigenvalue weighted by molar-refractivity contribution is 0.0774. The number of rotatable bonds is 4. The van der Waals surface area contributed by atoms with Gasteiger partial charge in [-0.2, -0.15) is 0 Å². The highest BCUT2D eigenvalue weighted by molar-refractivity contribution is 5.96. The molecule has 1 aliphatic rings. The molecule has 0 spiro atoms. The molecule has 1 amide bonds. The number of hydrogen-bond acceptors (Lipinski definition) is 3. The fraction of sp³-hybridized carbons (Fsp3) is 0.273. The standard InChI is InChI=1S/C22H22FN3O/c1-25(14-16-5-3-2-4-6-16)20-9-10-26(15-20)22(27)21-12-17-7-8-19(23)11-18(17)13-24-21/h2-8,11-13,20H,9-10,14-15H2,1H3. The molecule has 0 radical (unpaired) electrons. The average molecular weight is 363 g/mol. The zero-order valence-electron chi connectivity index (χ0n) is 15.3. The zero-order valence-corrected chi connectivity index (χ0v) is 15.3. The number of halogens is 1. The molecule has 2 heterocycles. The SMILES string of the molecule is CN(Cc1ccccc1)C1CCN(C(=O)c2cc3ccc(F)cc3cn2)C1. The number of hydrogen-bond donors (Lipinski definition) is 0. The largest absolute Gasteiger partial charge is 0.336 e. The second-order valence-corrected chi connectivity index (χ2v) is 7.16. The number of likely N-dealkylation sites (N-methyl/N-ethyl adjacent to an activating group) is 1. The van der Waals surface area contributed by atoms with Crippen molar-refractivity contribution in [3.63, 3.8) is 0 Å². The second-order valence-electron chi connectivity index (χ2n) is 7.16. The molecular weight excluding hydrogens is 341 g/mol. The van der Waals surface area contributed by atoms with Gasteiger partial charge < -0.3 is 4.90 Å². The summed E-state index contributed by atoms with van der Waals surface area (Å²) in [5.74, 6) is -0.357. The molecule has 1 fully saturated rings. The Bertz CT molecular complexity index is 960. The summed E-state index contributed by atoms with van der Waals surface area (Å²) in [5.41, 5.74) is 1.69. The molecule has 138 valence electrons. The maximum absolute atomic E-state index is 13.3. The van der Waals surface area contributed by atoms with Crippen LogP contribution in [-0.4, -0.2) is 46.9 Å². The minimum Gasteiger partial charge on any atom is -0.336 e. The van der Waals surface area contributed by atoms with E-state index in [2.05, 4.69) is 29.1 Å². The van der Waals surface area contributed by atoms with Gasteiger partial charge in [-0.3, -0.25) is 14.7 Å². The first kappa shape index (κ1) is 17.6. The first-order valence-corrected chi connectivity index (χ1v) is 9.19. The van der Waals surface area contributed by atoms with Gasteiger partial charge in [0.15, 0.2) is 0 Å². The van der Waals surface area contributed by atoms with Crippen molar-refractivity contribution in [3.8, 4) is 0 Å². The third-order valence-corrected chi connectivity index (χ3v) is 5.25. The number of fused-ring (bicyclic) bond motifs is 1. The molecule has 0 saturated carbocycles. The van der Waals surface area contributed by atoms with Crippen LogP contribution in [0, 0.1) is 5.82 Å². The predicted octanol–water partition coefficient (Wildman–Crippen LogP) is 3.72. The number of carbonyl (C=O) groups excluding carboxylic acids is 1. The van der Waals surface area contributed by atoms with Gasteiger partial charge in [0.05, 0.1) is 0 Å². The van der Waals surface area contributed by atoms with Crippen molar-refractivity contribution in [1.82, 2.24) is 14.8 Å². The molecule has 2 aromatic carbocycles. The summed E-state index contributed by atoms with van der Waals surface area (Å²) in [5, 5.41) is 1.53. The van der Waals surface area contributed by atoms with Gasteiger partial charge in [0, 0.05) is 37.3 Å². The highest BCUT2D eigenvalue weighted by Gasteiger charge is 2.30. The quantitative estimate of drug-likeness (QED) is 0.709. The van der Waals surface area contributed by atoms with E-state index in [1.54, 1.807) is 18.3 Å². The summed E-state index contributed by atoms with van der Waals surface area (Å²) in [6.45, 7) is 2.30. The van der Waals surface area contributed by atoms with Crippen LogP contribution in [0.3, 0.4) is 0 Å². The van der Waals surface area contributed by atoms with Crippen molar-refractivity contribution in [3.05, 3.63) is 77.9 Å². The summed E-state index contributed by atoms with van der Waals surface area (Å²) in [6.07, 6.45) is 2.52. The maximum atomic E-state index is 13.3. The van der Waals surface area contributed by atoms with Crippen LogP contribution in [0.15, 0.2) is 60.8 Å². The molecule has 1 saturated heterocycles. The number of likely N-dealkylation sites (tertiary alicyclic amines) is 1. The molecule has 27 heavy (non-hydrogen) atoms. The Morgan fingerprint density at radius 3 is 2.81 bits per heavy atom. The van der Waals surface area contributed by atoms with Crippen LogP contribution in [0.2, 0.25) is 0 Å². The summed E-state index contributed by atoms with van der Waals surface area (Å²) in [6, 6.07) is 17.0. The first-order chi connectivity index (χ1) is 13.1. The van der Waals surface area contributed by atoms with Crippen molar-refractivity contribution < 1.29 is 9.18 Å². The summed E-state index contributed by atoms with van der Waals surface area (Å²) >= 11 is 0. The lowest BCUT2D eigenvalue weighted by Gasteiger charge is -2.24. The third kappa shape index (κ3) is 3.83. The summed E-state index contributed by atoms with van der Waals surface area (Å²) in [4.78, 5) is 21.3. The normalized spacial score (nSPS) is 17.0. The van der Waals surface area contributed by atoms with Crippen LogP contribution in [0.1, 0.15) is 22.5 Å². The molecule has 1 aliphatic heterocycles. The number of pyridine rings is 1. The van der Waals surface area contributed by atoms with E-state index in [0.29, 0.717) is 23.7 Å². The van der Waals surface area contributed by atoms with Crippen molar-refractivity contribution in [1.29, 1.82) is 0 Å². The second kappa shape index (κ2) is 7.45. The lowest BCUT2D eigenvalue weighted by atomic mass is 10.1. The number of nitrogens with zero attached hydrogens (tertiary/aromatic N) is 3. The molecule has 0 aliphatic carbocycles. The molecule has 0 bridgehead atoms. The van der Waals surface area contributed by atoms with E-state index in [9.17, 15) is 9.18 Å². The van der Waals surface area contributed by atoms with Crippen LogP contribution in [0.5, 0.6) is 0 Å². The third-order valence-electron chi connectivity index (χ3n) is 5.25. The van der Waals surface area contributed by atoms with Gasteiger partial charge in [-0.25, -0.2) is 4.39 Å². The Hall–Kier alpha value is -2.79. The Morgan fingerprint density at radius 2 is 2.00 bits per heavy atom. The fourth-order valence-corrected chi connectivity index (χ4v) is 3.68. The maximum Gasteiger partial charge on any atom is 0.272 e. The van der Waals surface area contributed by atoms with E-state index in [4.69, 9.17) is 0 Å². The van der Waals surface area contributed by atoms with Crippen molar-refractivity contribution in [2.24, 2.45) is 0 Å². The van der Waals surface area contributed by atoms with Gasteiger partial charge in [-0.05, 0) is 42.6 Å². The summed E-state index contributed by atoms with van der Waals surface area (Å²) in [7, 11) is 2.11. The van der Waals surface area contributed by atoms with E-state index in [1.807, 2.05) is 23.1 Å². The molecular formula is C22H22FN3O. The van der Waals surface area contributed by atoms with Crippen molar-refractivity contribution >= 4 is 16.7 Å². The molecule has 1 aromatic heterocycles. The molecule has 3 aromatic rings. The minimum absolute atomic E-state index is 0.0585. The van der Waals surface area contributed by atoms with Crippen LogP contribution in [0.4, 0.5) is 4.39 Å². The molecule has 1 unspecified atom stereocenters. The topological polar surface area (TPSA) is 36.4 Å². The van der Waals surface area contributed by atoms with Crippen LogP contribution < -0.4 is 0 Å². The number of benzene rings is 2. The molecule has 5 heteroatoms. The van der Waals surface area contributed by atoms with E-state index in [-0.39, 0.29) is 11.7 Å². The highest BCUT2D eigenvalue weighted by atomic mass is 19.1. The van der Waals surface area contributed by atoms with E-state index >= 15 is 0 Å². The van der Waals surface area contributed by atoms with Gasteiger partial charge >= 0.3 is 0 Å². The molecule has 0 N–H and O–H groups in total. The smallest absolute Gasteiger partial charge is 0.272 e. The highest BCUT2D eigenvalue weighted by Crippen LogP contribution is 2.21. The number of amides is 1. The van der Waals surface area contributed by atoms with E-state index < -0.39 is 0 Å². The van der Waals surface area contributed by atoms with Crippen LogP contribution in [-0.2, 0) is 6.54 Å². The van der Waals surface area contributed by atoms with E-state index in [0.717, 1.165) is 24.9 Å². The average Bonchev–Trinajstić information content (AvgIpc) is 3.18. The van der Waals surface area contributed by atoms with Crippen molar-refractivity contribution in [2.45, 2.75) is 19.0 Å². The fourth-order valence-electron chi connectivity index (χ4n) is 3.68. The first-order valence-electron chi connectivity index (χ1n) is 9.19. The van der Waals surface area contributed by atoms with Crippen LogP contribution in [0.25, 0.3) is 10.8 Å². The number of aromatic nitrogens is 1. The lowest BCUT2D eigenvalue weighted by Crippen LogP contribution is -2.36. The van der Waals surface area contributed by atoms with Gasteiger partial charge in [-0.15, -0.1) is 0 Å². The molecule has 4 nitrogen and oxygen atoms in total. The number of carbonyl (C=O) groups is 1. The Morgan fingerprint density at radius 1 is 1.19 bits per heavy atom. The van der Waals surface area contributed by atoms with Gasteiger partial charge in [-0.1, -0.05) is 36.4 Å². The molecule has 4 rings (SSSR count). The Labute approximate surface area is 158 Å². The minimum atomic E-state index is -0.299. The predicted molar refractivity (Wildman–Crippen MR) is 104 cm³/mol.